The van der Waals surface area contributed by atoms with E-state index >= 15 is 0 Å². The molecule has 0 saturated carbocycles. The Kier molecular flexibility index (Phi) is 4.90. The first-order valence-electron chi connectivity index (χ1n) is 5.61. The van der Waals surface area contributed by atoms with Crippen molar-refractivity contribution in [3.8, 4) is 0 Å². The molecule has 1 rings (SSSR count). The van der Waals surface area contributed by atoms with Crippen LogP contribution in [0.3, 0.4) is 0 Å². The maximum absolute atomic E-state index is 11.7. The van der Waals surface area contributed by atoms with Crippen molar-refractivity contribution < 1.29 is 24.6 Å². The van der Waals surface area contributed by atoms with E-state index in [0.29, 0.717) is 19.5 Å². The summed E-state index contributed by atoms with van der Waals surface area (Å²) in [7, 11) is 0. The monoisotopic (exact) mass is 259 g/mol. The summed E-state index contributed by atoms with van der Waals surface area (Å²) < 4.78 is 0. The summed E-state index contributed by atoms with van der Waals surface area (Å²) >= 11 is 0. The number of aliphatic hydroxyl groups excluding tert-OH is 1. The maximum atomic E-state index is 11.7. The van der Waals surface area contributed by atoms with Gasteiger partial charge in [0.15, 0.2) is 0 Å². The number of carboxylic acids is 1. The topological polar surface area (TPSA) is 133 Å². The molecule has 0 radical (unpaired) electrons. The Bertz CT molecular complexity index is 346. The zero-order valence-corrected chi connectivity index (χ0v) is 9.83. The highest BCUT2D eigenvalue weighted by molar-refractivity contribution is 5.87. The van der Waals surface area contributed by atoms with Gasteiger partial charge in [0.1, 0.15) is 6.04 Å². The highest BCUT2D eigenvalue weighted by atomic mass is 16.4. The number of nitrogens with one attached hydrogen (secondary N) is 1. The lowest BCUT2D eigenvalue weighted by molar-refractivity contribution is -0.140. The first-order valence-corrected chi connectivity index (χ1v) is 5.61. The van der Waals surface area contributed by atoms with Gasteiger partial charge in [-0.25, -0.2) is 9.59 Å². The highest BCUT2D eigenvalue weighted by Crippen LogP contribution is 2.15. The summed E-state index contributed by atoms with van der Waals surface area (Å²) in [4.78, 5) is 34.6. The number of aliphatic carboxylic acids is 1. The number of carbonyl (C=O) groups excluding carboxylic acids is 2. The molecule has 8 nitrogen and oxygen atoms in total. The number of aliphatic hydroxyl groups is 1. The Labute approximate surface area is 104 Å². The van der Waals surface area contributed by atoms with Crippen molar-refractivity contribution in [3.63, 3.8) is 0 Å². The van der Waals surface area contributed by atoms with Gasteiger partial charge in [-0.15, -0.1) is 0 Å². The first-order chi connectivity index (χ1) is 8.43. The Morgan fingerprint density at radius 2 is 2.11 bits per heavy atom. The fourth-order valence-electron chi connectivity index (χ4n) is 1.81. The van der Waals surface area contributed by atoms with Gasteiger partial charge in [0, 0.05) is 25.6 Å². The molecule has 1 aliphatic heterocycles. The number of hydrogen-bond acceptors (Lipinski definition) is 4. The number of primary amides is 1. The van der Waals surface area contributed by atoms with Crippen molar-refractivity contribution in [3.05, 3.63) is 0 Å². The molecule has 1 heterocycles. The number of urea groups is 1. The van der Waals surface area contributed by atoms with Gasteiger partial charge in [0.25, 0.3) is 0 Å². The zero-order valence-electron chi connectivity index (χ0n) is 9.83. The molecule has 0 aromatic carbocycles. The molecule has 1 unspecified atom stereocenters. The van der Waals surface area contributed by atoms with Crippen LogP contribution in [-0.2, 0) is 9.59 Å². The van der Waals surface area contributed by atoms with Gasteiger partial charge in [-0.05, 0) is 6.42 Å². The molecule has 3 amide bonds. The van der Waals surface area contributed by atoms with E-state index in [1.54, 1.807) is 0 Å². The van der Waals surface area contributed by atoms with Gasteiger partial charge in [-0.1, -0.05) is 0 Å². The number of likely N-dealkylation sites (tertiary alicyclic amines) is 1. The van der Waals surface area contributed by atoms with Gasteiger partial charge >= 0.3 is 12.0 Å². The minimum atomic E-state index is -1.32. The fourth-order valence-corrected chi connectivity index (χ4v) is 1.81. The molecular formula is C10H17N3O5. The lowest BCUT2D eigenvalue weighted by atomic mass is 10.1. The number of rotatable bonds is 5. The third kappa shape index (κ3) is 3.88. The smallest absolute Gasteiger partial charge is 0.326 e. The highest BCUT2D eigenvalue weighted by Gasteiger charge is 2.29. The largest absolute Gasteiger partial charge is 0.480 e. The zero-order chi connectivity index (χ0) is 13.7. The second-order valence-electron chi connectivity index (χ2n) is 4.29. The van der Waals surface area contributed by atoms with E-state index in [9.17, 15) is 14.4 Å². The first kappa shape index (κ1) is 14.2. The molecular weight excluding hydrogens is 242 g/mol. The van der Waals surface area contributed by atoms with Crippen LogP contribution in [-0.4, -0.2) is 58.8 Å². The lowest BCUT2D eigenvalue weighted by Crippen LogP contribution is -2.48. The second kappa shape index (κ2) is 6.20. The maximum Gasteiger partial charge on any atom is 0.326 e. The van der Waals surface area contributed by atoms with E-state index in [4.69, 9.17) is 15.9 Å². The van der Waals surface area contributed by atoms with Crippen LogP contribution >= 0.6 is 0 Å². The van der Waals surface area contributed by atoms with Crippen LogP contribution in [0.15, 0.2) is 0 Å². The molecule has 102 valence electrons. The number of amides is 3. The predicted molar refractivity (Wildman–Crippen MR) is 60.5 cm³/mol. The SMILES string of the molecule is NC(=O)C[C@@H](NC(=O)N1CCC(CO)C1)C(=O)O. The second-order valence-corrected chi connectivity index (χ2v) is 4.29. The van der Waals surface area contributed by atoms with E-state index in [2.05, 4.69) is 5.32 Å². The average Bonchev–Trinajstić information content (AvgIpc) is 2.75. The van der Waals surface area contributed by atoms with Gasteiger partial charge in [0.2, 0.25) is 5.91 Å². The molecule has 2 atom stereocenters. The Balaban J connectivity index is 2.51. The Morgan fingerprint density at radius 1 is 1.44 bits per heavy atom. The minimum Gasteiger partial charge on any atom is -0.480 e. The van der Waals surface area contributed by atoms with Crippen molar-refractivity contribution in [1.29, 1.82) is 0 Å². The predicted octanol–water partition coefficient (Wildman–Crippen LogP) is -1.66. The molecule has 8 heteroatoms. The number of nitrogens with zero attached hydrogens (tertiary/aromatic N) is 1. The van der Waals surface area contributed by atoms with Crippen LogP contribution in [0.1, 0.15) is 12.8 Å². The van der Waals surface area contributed by atoms with Gasteiger partial charge < -0.3 is 26.2 Å². The van der Waals surface area contributed by atoms with E-state index in [-0.39, 0.29) is 12.5 Å². The molecule has 0 aromatic rings. The van der Waals surface area contributed by atoms with Crippen LogP contribution in [0, 0.1) is 5.92 Å². The summed E-state index contributed by atoms with van der Waals surface area (Å²) in [5, 5.41) is 20.0. The summed E-state index contributed by atoms with van der Waals surface area (Å²) in [5.74, 6) is -2.08. The number of hydrogen-bond donors (Lipinski definition) is 4. The molecule has 5 N–H and O–H groups in total. The molecule has 0 aromatic heterocycles. The molecule has 1 aliphatic rings. The normalized spacial score (nSPS) is 20.5. The quantitative estimate of drug-likeness (QED) is 0.469. The van der Waals surface area contributed by atoms with E-state index in [1.807, 2.05) is 0 Å². The number of carboxylic acid groups (broad SMARTS) is 1. The Hall–Kier alpha value is -1.83. The van der Waals surface area contributed by atoms with Crippen LogP contribution in [0.25, 0.3) is 0 Å². The molecule has 1 fully saturated rings. The van der Waals surface area contributed by atoms with Crippen molar-refractivity contribution in [2.45, 2.75) is 18.9 Å². The Morgan fingerprint density at radius 3 is 2.56 bits per heavy atom. The third-order valence-electron chi connectivity index (χ3n) is 2.83. The summed E-state index contributed by atoms with van der Waals surface area (Å²) in [5.41, 5.74) is 4.90. The fraction of sp³-hybridized carbons (Fsp3) is 0.700. The average molecular weight is 259 g/mol. The van der Waals surface area contributed by atoms with Crippen LogP contribution in [0.5, 0.6) is 0 Å². The molecule has 0 spiro atoms. The van der Waals surface area contributed by atoms with Gasteiger partial charge in [-0.2, -0.15) is 0 Å². The van der Waals surface area contributed by atoms with E-state index < -0.39 is 30.4 Å². The van der Waals surface area contributed by atoms with Crippen molar-refractivity contribution >= 4 is 17.9 Å². The summed E-state index contributed by atoms with van der Waals surface area (Å²) in [6, 6.07) is -1.87. The van der Waals surface area contributed by atoms with Gasteiger partial charge in [-0.3, -0.25) is 4.79 Å². The summed E-state index contributed by atoms with van der Waals surface area (Å²) in [6.07, 6.45) is 0.232. The van der Waals surface area contributed by atoms with E-state index in [1.165, 1.54) is 4.90 Å². The lowest BCUT2D eigenvalue weighted by Gasteiger charge is -2.20. The molecule has 0 aliphatic carbocycles. The standard InChI is InChI=1S/C10H17N3O5/c11-8(15)3-7(9(16)17)12-10(18)13-2-1-6(4-13)5-14/h6-7,14H,1-5H2,(H2,11,15)(H,12,18)(H,16,17)/t6?,7-/m1/s1. The van der Waals surface area contributed by atoms with Crippen LogP contribution in [0.4, 0.5) is 4.79 Å². The van der Waals surface area contributed by atoms with Crippen molar-refractivity contribution in [2.24, 2.45) is 11.7 Å². The minimum absolute atomic E-state index is 0.00652. The summed E-state index contributed by atoms with van der Waals surface area (Å²) in [6.45, 7) is 0.832. The van der Waals surface area contributed by atoms with Crippen molar-refractivity contribution in [2.75, 3.05) is 19.7 Å². The van der Waals surface area contributed by atoms with Gasteiger partial charge in [0.05, 0.1) is 6.42 Å². The van der Waals surface area contributed by atoms with Crippen LogP contribution < -0.4 is 11.1 Å². The molecule has 18 heavy (non-hydrogen) atoms. The number of carbonyl (C=O) groups is 3. The van der Waals surface area contributed by atoms with E-state index in [0.717, 1.165) is 0 Å². The van der Waals surface area contributed by atoms with Crippen molar-refractivity contribution in [1.82, 2.24) is 10.2 Å². The number of nitrogens with two attached hydrogens (primary N) is 1. The molecule has 0 bridgehead atoms. The molecule has 1 saturated heterocycles. The van der Waals surface area contributed by atoms with Crippen LogP contribution in [0.2, 0.25) is 0 Å². The third-order valence-corrected chi connectivity index (χ3v) is 2.83.